The molecule has 0 aliphatic carbocycles. The molecular weight excluding hydrogens is 456 g/mol. The van der Waals surface area contributed by atoms with Gasteiger partial charge in [0.1, 0.15) is 5.75 Å². The van der Waals surface area contributed by atoms with Crippen molar-refractivity contribution in [2.75, 3.05) is 33.9 Å². The van der Waals surface area contributed by atoms with Gasteiger partial charge in [-0.15, -0.1) is 0 Å². The normalized spacial score (nSPS) is 14.1. The van der Waals surface area contributed by atoms with Crippen LogP contribution in [0.15, 0.2) is 60.8 Å². The minimum atomic E-state index is 0.0522. The van der Waals surface area contributed by atoms with Gasteiger partial charge in [0.15, 0.2) is 23.0 Å². The molecule has 5 rings (SSSR count). The number of methoxy groups -OCH3 is 2. The Bertz CT molecular complexity index is 1360. The van der Waals surface area contributed by atoms with Crippen LogP contribution in [0.1, 0.15) is 41.9 Å². The van der Waals surface area contributed by atoms with E-state index >= 15 is 0 Å². The Balaban J connectivity index is 1.29. The third-order valence-electron chi connectivity index (χ3n) is 6.62. The monoisotopic (exact) mass is 486 g/mol. The van der Waals surface area contributed by atoms with Crippen LogP contribution in [-0.2, 0) is 0 Å². The Morgan fingerprint density at radius 3 is 2.47 bits per heavy atom. The maximum Gasteiger partial charge on any atom is 0.253 e. The Morgan fingerprint density at radius 1 is 1.00 bits per heavy atom. The van der Waals surface area contributed by atoms with Crippen LogP contribution in [0.2, 0.25) is 0 Å². The molecule has 1 saturated heterocycles. The van der Waals surface area contributed by atoms with Gasteiger partial charge in [-0.3, -0.25) is 4.79 Å². The number of nitrogens with zero attached hydrogens (tertiary/aromatic N) is 4. The molecule has 1 aliphatic rings. The molecule has 0 N–H and O–H groups in total. The van der Waals surface area contributed by atoms with Gasteiger partial charge < -0.3 is 19.1 Å². The van der Waals surface area contributed by atoms with E-state index in [0.29, 0.717) is 36.8 Å². The van der Waals surface area contributed by atoms with Crippen LogP contribution in [-0.4, -0.2) is 59.3 Å². The maximum atomic E-state index is 13.0. The number of amides is 1. The molecule has 1 fully saturated rings. The Kier molecular flexibility index (Phi) is 6.75. The van der Waals surface area contributed by atoms with Crippen molar-refractivity contribution in [3.8, 4) is 28.4 Å². The fraction of sp³-hybridized carbons (Fsp3) is 0.321. The van der Waals surface area contributed by atoms with E-state index in [-0.39, 0.29) is 11.8 Å². The molecule has 186 valence electrons. The molecule has 0 atom stereocenters. The van der Waals surface area contributed by atoms with Crippen molar-refractivity contribution in [1.82, 2.24) is 19.5 Å². The van der Waals surface area contributed by atoms with Crippen molar-refractivity contribution in [2.45, 2.75) is 25.7 Å². The van der Waals surface area contributed by atoms with Crippen LogP contribution in [0.25, 0.3) is 16.8 Å². The number of benzene rings is 2. The number of likely N-dealkylation sites (tertiary alicyclic amines) is 1. The summed E-state index contributed by atoms with van der Waals surface area (Å²) in [7, 11) is 3.27. The second kappa shape index (κ2) is 10.3. The molecular formula is C28H30N4O4. The average Bonchev–Trinajstić information content (AvgIpc) is 3.36. The van der Waals surface area contributed by atoms with E-state index in [2.05, 4.69) is 0 Å². The number of fused-ring (bicyclic) bond motifs is 1. The quantitative estimate of drug-likeness (QED) is 0.372. The standard InChI is InChI=1S/C28H30N4O4/c1-4-36-22-11-8-20(9-12-22)28(33)31-16-14-19(15-17-31)27-29-25-13-10-21(18-32(25)30-27)23-6-5-7-24(34-2)26(23)35-3/h5-13,18-19H,4,14-17H2,1-3H3. The van der Waals surface area contributed by atoms with Gasteiger partial charge in [0.2, 0.25) is 0 Å². The summed E-state index contributed by atoms with van der Waals surface area (Å²) in [6.45, 7) is 3.91. The van der Waals surface area contributed by atoms with Crippen LogP contribution < -0.4 is 14.2 Å². The summed E-state index contributed by atoms with van der Waals surface area (Å²) >= 11 is 0. The highest BCUT2D eigenvalue weighted by Gasteiger charge is 2.27. The lowest BCUT2D eigenvalue weighted by atomic mass is 9.95. The van der Waals surface area contributed by atoms with E-state index < -0.39 is 0 Å². The summed E-state index contributed by atoms with van der Waals surface area (Å²) in [4.78, 5) is 19.6. The average molecular weight is 487 g/mol. The molecule has 8 heteroatoms. The van der Waals surface area contributed by atoms with Crippen molar-refractivity contribution in [3.05, 3.63) is 72.2 Å². The molecule has 2 aromatic heterocycles. The molecule has 3 heterocycles. The largest absolute Gasteiger partial charge is 0.494 e. The molecule has 0 saturated carbocycles. The number of pyridine rings is 1. The molecule has 8 nitrogen and oxygen atoms in total. The Morgan fingerprint density at radius 2 is 1.78 bits per heavy atom. The highest BCUT2D eigenvalue weighted by atomic mass is 16.5. The number of piperidine rings is 1. The van der Waals surface area contributed by atoms with E-state index in [4.69, 9.17) is 24.3 Å². The second-order valence-electron chi connectivity index (χ2n) is 8.76. The van der Waals surface area contributed by atoms with Crippen molar-refractivity contribution in [3.63, 3.8) is 0 Å². The summed E-state index contributed by atoms with van der Waals surface area (Å²) in [5.41, 5.74) is 3.37. The van der Waals surface area contributed by atoms with Gasteiger partial charge in [-0.05, 0) is 62.2 Å². The first-order valence-corrected chi connectivity index (χ1v) is 12.2. The van der Waals surface area contributed by atoms with Crippen LogP contribution in [0.3, 0.4) is 0 Å². The van der Waals surface area contributed by atoms with E-state index in [9.17, 15) is 4.79 Å². The van der Waals surface area contributed by atoms with E-state index in [1.54, 1.807) is 14.2 Å². The molecule has 0 unspecified atom stereocenters. The molecule has 0 spiro atoms. The van der Waals surface area contributed by atoms with Crippen LogP contribution in [0.4, 0.5) is 0 Å². The first kappa shape index (κ1) is 23.7. The number of para-hydroxylation sites is 1. The minimum Gasteiger partial charge on any atom is -0.494 e. The minimum absolute atomic E-state index is 0.0522. The predicted octanol–water partition coefficient (Wildman–Crippen LogP) is 4.83. The number of aromatic nitrogens is 3. The van der Waals surface area contributed by atoms with Gasteiger partial charge in [-0.1, -0.05) is 12.1 Å². The summed E-state index contributed by atoms with van der Waals surface area (Å²) in [6.07, 6.45) is 3.63. The number of carbonyl (C=O) groups is 1. The lowest BCUT2D eigenvalue weighted by Gasteiger charge is -2.30. The third kappa shape index (κ3) is 4.58. The molecule has 2 aromatic carbocycles. The van der Waals surface area contributed by atoms with Gasteiger partial charge in [-0.2, -0.15) is 5.10 Å². The number of hydrogen-bond donors (Lipinski definition) is 0. The summed E-state index contributed by atoms with van der Waals surface area (Å²) in [6, 6.07) is 17.2. The third-order valence-corrected chi connectivity index (χ3v) is 6.62. The van der Waals surface area contributed by atoms with Crippen molar-refractivity contribution < 1.29 is 19.0 Å². The number of hydrogen-bond acceptors (Lipinski definition) is 6. The summed E-state index contributed by atoms with van der Waals surface area (Å²) in [5, 5.41) is 4.79. The summed E-state index contributed by atoms with van der Waals surface area (Å²) < 4.78 is 18.3. The van der Waals surface area contributed by atoms with Crippen molar-refractivity contribution in [1.29, 1.82) is 0 Å². The summed E-state index contributed by atoms with van der Waals surface area (Å²) in [5.74, 6) is 3.22. The SMILES string of the molecule is CCOc1ccc(C(=O)N2CCC(c3nc4ccc(-c5cccc(OC)c5OC)cn4n3)CC2)cc1. The molecule has 0 radical (unpaired) electrons. The first-order chi connectivity index (χ1) is 17.6. The van der Waals surface area contributed by atoms with Crippen LogP contribution >= 0.6 is 0 Å². The molecule has 36 heavy (non-hydrogen) atoms. The van der Waals surface area contributed by atoms with Gasteiger partial charge in [0.25, 0.3) is 5.91 Å². The zero-order valence-corrected chi connectivity index (χ0v) is 20.8. The predicted molar refractivity (Wildman–Crippen MR) is 137 cm³/mol. The van der Waals surface area contributed by atoms with Crippen molar-refractivity contribution >= 4 is 11.6 Å². The molecule has 0 bridgehead atoms. The lowest BCUT2D eigenvalue weighted by Crippen LogP contribution is -2.38. The topological polar surface area (TPSA) is 78.2 Å². The van der Waals surface area contributed by atoms with Crippen LogP contribution in [0, 0.1) is 0 Å². The van der Waals surface area contributed by atoms with E-state index in [1.807, 2.05) is 77.1 Å². The molecule has 1 aliphatic heterocycles. The maximum absolute atomic E-state index is 13.0. The van der Waals surface area contributed by atoms with E-state index in [0.717, 1.165) is 41.2 Å². The second-order valence-corrected chi connectivity index (χ2v) is 8.76. The van der Waals surface area contributed by atoms with E-state index in [1.165, 1.54) is 0 Å². The molecule has 1 amide bonds. The Labute approximate surface area is 210 Å². The number of rotatable bonds is 7. The first-order valence-electron chi connectivity index (χ1n) is 12.2. The molecule has 4 aromatic rings. The zero-order chi connectivity index (χ0) is 25.1. The van der Waals surface area contributed by atoms with Crippen molar-refractivity contribution in [2.24, 2.45) is 0 Å². The highest BCUT2D eigenvalue weighted by molar-refractivity contribution is 5.94. The Hall–Kier alpha value is -4.07. The fourth-order valence-corrected chi connectivity index (χ4v) is 4.73. The lowest BCUT2D eigenvalue weighted by molar-refractivity contribution is 0.0711. The van der Waals surface area contributed by atoms with Gasteiger partial charge in [-0.25, -0.2) is 9.50 Å². The number of ether oxygens (including phenoxy) is 3. The van der Waals surface area contributed by atoms with Gasteiger partial charge in [0, 0.05) is 41.9 Å². The van der Waals surface area contributed by atoms with Gasteiger partial charge >= 0.3 is 0 Å². The fourth-order valence-electron chi connectivity index (χ4n) is 4.73. The smallest absolute Gasteiger partial charge is 0.253 e. The highest BCUT2D eigenvalue weighted by Crippen LogP contribution is 2.38. The van der Waals surface area contributed by atoms with Crippen LogP contribution in [0.5, 0.6) is 17.2 Å². The zero-order valence-electron chi connectivity index (χ0n) is 20.8. The number of carbonyl (C=O) groups excluding carboxylic acids is 1. The van der Waals surface area contributed by atoms with Gasteiger partial charge in [0.05, 0.1) is 20.8 Å².